The van der Waals surface area contributed by atoms with Gasteiger partial charge in [-0.05, 0) is 30.5 Å². The van der Waals surface area contributed by atoms with Crippen LogP contribution in [0.4, 0.5) is 5.82 Å². The number of aromatic nitrogens is 1. The molecule has 0 bridgehead atoms. The molecule has 1 amide bonds. The molecule has 2 rings (SSSR count). The quantitative estimate of drug-likeness (QED) is 0.920. The van der Waals surface area contributed by atoms with Gasteiger partial charge in [0.25, 0.3) is 5.91 Å². The van der Waals surface area contributed by atoms with Crippen LogP contribution in [0.2, 0.25) is 0 Å². The second kappa shape index (κ2) is 6.52. The average Bonchev–Trinajstić information content (AvgIpc) is 2.98. The number of nitrogens with zero attached hydrogens (tertiary/aromatic N) is 2. The minimum absolute atomic E-state index is 0.0499. The summed E-state index contributed by atoms with van der Waals surface area (Å²) in [7, 11) is 3.62. The van der Waals surface area contributed by atoms with Crippen molar-refractivity contribution < 1.29 is 4.79 Å². The predicted molar refractivity (Wildman–Crippen MR) is 83.4 cm³/mol. The summed E-state index contributed by atoms with van der Waals surface area (Å²) >= 11 is 1.72. The van der Waals surface area contributed by atoms with Gasteiger partial charge >= 0.3 is 0 Å². The molecule has 106 valence electrons. The minimum Gasteiger partial charge on any atom is -0.373 e. The number of thiophene rings is 1. The molecule has 0 spiro atoms. The molecular weight excluding hydrogens is 270 g/mol. The summed E-state index contributed by atoms with van der Waals surface area (Å²) < 4.78 is 0. The van der Waals surface area contributed by atoms with Crippen molar-refractivity contribution in [2.75, 3.05) is 19.4 Å². The van der Waals surface area contributed by atoms with E-state index in [-0.39, 0.29) is 11.9 Å². The van der Waals surface area contributed by atoms with Gasteiger partial charge < -0.3 is 10.2 Å². The van der Waals surface area contributed by atoms with Crippen molar-refractivity contribution in [3.05, 3.63) is 46.3 Å². The summed E-state index contributed by atoms with van der Waals surface area (Å²) in [5.74, 6) is 0.654. The molecule has 0 saturated carbocycles. The van der Waals surface area contributed by atoms with Crippen LogP contribution in [0, 0.1) is 0 Å². The van der Waals surface area contributed by atoms with Gasteiger partial charge in [0.1, 0.15) is 11.5 Å². The molecule has 0 saturated heterocycles. The van der Waals surface area contributed by atoms with Crippen molar-refractivity contribution in [3.63, 3.8) is 0 Å². The molecule has 0 fully saturated rings. The first-order chi connectivity index (χ1) is 9.61. The van der Waals surface area contributed by atoms with Gasteiger partial charge in [-0.25, -0.2) is 4.98 Å². The lowest BCUT2D eigenvalue weighted by Crippen LogP contribution is -2.36. The fraction of sp³-hybridized carbons (Fsp3) is 0.333. The lowest BCUT2D eigenvalue weighted by atomic mass is 10.1. The second-order valence-electron chi connectivity index (χ2n) is 4.71. The lowest BCUT2D eigenvalue weighted by molar-refractivity contribution is 0.0738. The Morgan fingerprint density at radius 2 is 2.20 bits per heavy atom. The number of carbonyl (C=O) groups excluding carboxylic acids is 1. The standard InChI is InChI=1S/C15H19N3OS/c1-11(10-12-6-5-9-20-12)18(3)15(19)13-7-4-8-14(16-2)17-13/h4-9,11H,10H2,1-3H3,(H,16,17). The highest BCUT2D eigenvalue weighted by Crippen LogP contribution is 2.15. The number of nitrogens with one attached hydrogen (secondary N) is 1. The Bertz CT molecular complexity index is 568. The van der Waals surface area contributed by atoms with Crippen LogP contribution in [0.25, 0.3) is 0 Å². The van der Waals surface area contributed by atoms with E-state index in [1.165, 1.54) is 4.88 Å². The average molecular weight is 289 g/mol. The largest absolute Gasteiger partial charge is 0.373 e. The van der Waals surface area contributed by atoms with E-state index in [1.807, 2.05) is 25.2 Å². The van der Waals surface area contributed by atoms with Gasteiger partial charge in [-0.1, -0.05) is 12.1 Å². The zero-order valence-corrected chi connectivity index (χ0v) is 12.8. The van der Waals surface area contributed by atoms with E-state index in [4.69, 9.17) is 0 Å². The molecule has 1 N–H and O–H groups in total. The van der Waals surface area contributed by atoms with Crippen LogP contribution in [0.3, 0.4) is 0 Å². The second-order valence-corrected chi connectivity index (χ2v) is 5.74. The summed E-state index contributed by atoms with van der Waals surface area (Å²) in [4.78, 5) is 19.8. The summed E-state index contributed by atoms with van der Waals surface area (Å²) in [5.41, 5.74) is 0.470. The van der Waals surface area contributed by atoms with Crippen LogP contribution in [-0.2, 0) is 6.42 Å². The highest BCUT2D eigenvalue weighted by molar-refractivity contribution is 7.09. The van der Waals surface area contributed by atoms with Gasteiger partial charge in [0.05, 0.1) is 0 Å². The number of anilines is 1. The molecule has 20 heavy (non-hydrogen) atoms. The van der Waals surface area contributed by atoms with Crippen LogP contribution in [0.15, 0.2) is 35.7 Å². The van der Waals surface area contributed by atoms with Crippen molar-refractivity contribution in [2.45, 2.75) is 19.4 Å². The number of pyridine rings is 1. The lowest BCUT2D eigenvalue weighted by Gasteiger charge is -2.24. The van der Waals surface area contributed by atoms with Crippen LogP contribution in [0.1, 0.15) is 22.3 Å². The Morgan fingerprint density at radius 1 is 1.40 bits per heavy atom. The van der Waals surface area contributed by atoms with Gasteiger partial charge in [-0.2, -0.15) is 0 Å². The molecule has 2 heterocycles. The highest BCUT2D eigenvalue weighted by atomic mass is 32.1. The molecule has 0 aliphatic rings. The van der Waals surface area contributed by atoms with Crippen LogP contribution in [-0.4, -0.2) is 35.9 Å². The molecule has 2 aromatic heterocycles. The summed E-state index contributed by atoms with van der Waals surface area (Å²) in [5, 5.41) is 5.00. The van der Waals surface area contributed by atoms with E-state index < -0.39 is 0 Å². The SMILES string of the molecule is CNc1cccc(C(=O)N(C)C(C)Cc2cccs2)n1. The molecule has 5 heteroatoms. The van der Waals surface area contributed by atoms with Crippen molar-refractivity contribution in [3.8, 4) is 0 Å². The summed E-state index contributed by atoms with van der Waals surface area (Å²) in [6.07, 6.45) is 0.867. The molecular formula is C15H19N3OS. The third-order valence-electron chi connectivity index (χ3n) is 3.28. The van der Waals surface area contributed by atoms with Crippen molar-refractivity contribution in [1.29, 1.82) is 0 Å². The van der Waals surface area contributed by atoms with E-state index in [0.29, 0.717) is 11.5 Å². The van der Waals surface area contributed by atoms with Gasteiger partial charge in [-0.3, -0.25) is 4.79 Å². The first-order valence-corrected chi connectivity index (χ1v) is 7.44. The Balaban J connectivity index is 2.07. The fourth-order valence-corrected chi connectivity index (χ4v) is 2.76. The summed E-state index contributed by atoms with van der Waals surface area (Å²) in [6.45, 7) is 2.06. The molecule has 4 nitrogen and oxygen atoms in total. The normalized spacial score (nSPS) is 11.9. The Morgan fingerprint density at radius 3 is 2.85 bits per heavy atom. The maximum Gasteiger partial charge on any atom is 0.272 e. The van der Waals surface area contributed by atoms with E-state index in [1.54, 1.807) is 29.4 Å². The number of hydrogen-bond acceptors (Lipinski definition) is 4. The maximum atomic E-state index is 12.4. The number of rotatable bonds is 5. The third-order valence-corrected chi connectivity index (χ3v) is 4.18. The molecule has 0 aliphatic heterocycles. The molecule has 0 aliphatic carbocycles. The minimum atomic E-state index is -0.0499. The van der Waals surface area contributed by atoms with E-state index in [0.717, 1.165) is 6.42 Å². The van der Waals surface area contributed by atoms with Gasteiger partial charge in [0, 0.05) is 31.4 Å². The van der Waals surface area contributed by atoms with E-state index >= 15 is 0 Å². The predicted octanol–water partition coefficient (Wildman–Crippen LogP) is 2.89. The molecule has 0 radical (unpaired) electrons. The third kappa shape index (κ3) is 3.36. The number of carbonyl (C=O) groups is 1. The number of hydrogen-bond donors (Lipinski definition) is 1. The zero-order valence-electron chi connectivity index (χ0n) is 12.0. The first-order valence-electron chi connectivity index (χ1n) is 6.56. The Hall–Kier alpha value is -1.88. The maximum absolute atomic E-state index is 12.4. The number of likely N-dealkylation sites (N-methyl/N-ethyl adjacent to an activating group) is 1. The van der Waals surface area contributed by atoms with Crippen molar-refractivity contribution >= 4 is 23.1 Å². The molecule has 2 aromatic rings. The van der Waals surface area contributed by atoms with Gasteiger partial charge in [0.15, 0.2) is 0 Å². The fourth-order valence-electron chi connectivity index (χ4n) is 1.93. The van der Waals surface area contributed by atoms with Gasteiger partial charge in [0.2, 0.25) is 0 Å². The van der Waals surface area contributed by atoms with Crippen LogP contribution < -0.4 is 5.32 Å². The smallest absolute Gasteiger partial charge is 0.272 e. The first kappa shape index (κ1) is 14.5. The molecule has 1 atom stereocenters. The van der Waals surface area contributed by atoms with Crippen LogP contribution in [0.5, 0.6) is 0 Å². The molecule has 0 aromatic carbocycles. The van der Waals surface area contributed by atoms with Gasteiger partial charge in [-0.15, -0.1) is 11.3 Å². The van der Waals surface area contributed by atoms with Crippen LogP contribution >= 0.6 is 11.3 Å². The summed E-state index contributed by atoms with van der Waals surface area (Å²) in [6, 6.07) is 9.69. The monoisotopic (exact) mass is 289 g/mol. The molecule has 1 unspecified atom stereocenters. The van der Waals surface area contributed by atoms with E-state index in [2.05, 4.69) is 28.7 Å². The topological polar surface area (TPSA) is 45.2 Å². The Kier molecular flexibility index (Phi) is 4.74. The van der Waals surface area contributed by atoms with Crippen molar-refractivity contribution in [2.24, 2.45) is 0 Å². The zero-order chi connectivity index (χ0) is 14.5. The highest BCUT2D eigenvalue weighted by Gasteiger charge is 2.19. The van der Waals surface area contributed by atoms with Crippen molar-refractivity contribution in [1.82, 2.24) is 9.88 Å². The number of amides is 1. The van der Waals surface area contributed by atoms with E-state index in [9.17, 15) is 4.79 Å². The Labute approximate surface area is 123 Å².